The van der Waals surface area contributed by atoms with Gasteiger partial charge in [0, 0.05) is 18.0 Å². The number of hydrogen-bond donors (Lipinski definition) is 1. The Hall–Kier alpha value is -2.34. The molecule has 0 saturated carbocycles. The van der Waals surface area contributed by atoms with E-state index in [1.165, 1.54) is 7.11 Å². The Kier molecular flexibility index (Phi) is 7.66. The molecule has 0 fully saturated rings. The Balaban J connectivity index is 1.92. The minimum Gasteiger partial charge on any atom is -0.469 e. The zero-order chi connectivity index (χ0) is 18.9. The minimum absolute atomic E-state index is 0.136. The lowest BCUT2D eigenvalue weighted by Crippen LogP contribution is -2.25. The summed E-state index contributed by atoms with van der Waals surface area (Å²) in [5, 5.41) is 7.89. The summed E-state index contributed by atoms with van der Waals surface area (Å²) in [6, 6.07) is 7.37. The number of rotatable bonds is 9. The first-order valence-electron chi connectivity index (χ1n) is 8.74. The van der Waals surface area contributed by atoms with Gasteiger partial charge in [-0.3, -0.25) is 9.59 Å². The predicted octanol–water partition coefficient (Wildman–Crippen LogP) is 3.55. The zero-order valence-electron chi connectivity index (χ0n) is 15.1. The molecule has 7 heteroatoms. The summed E-state index contributed by atoms with van der Waals surface area (Å²) in [5.74, 6) is -0.335. The van der Waals surface area contributed by atoms with Crippen LogP contribution in [0.2, 0.25) is 5.02 Å². The molecule has 0 unspecified atom stereocenters. The summed E-state index contributed by atoms with van der Waals surface area (Å²) >= 11 is 6.05. The topological polar surface area (TPSA) is 73.2 Å². The summed E-state index contributed by atoms with van der Waals surface area (Å²) in [6.45, 7) is 2.55. The molecule has 0 aliphatic heterocycles. The third-order valence-electron chi connectivity index (χ3n) is 4.07. The van der Waals surface area contributed by atoms with Crippen LogP contribution in [0.25, 0.3) is 5.69 Å². The number of nitrogens with zero attached hydrogens (tertiary/aromatic N) is 2. The standard InChI is InChI=1S/C19H24ClN3O3/c1-3-17-16(13-22-23(17)15-9-7-8-14(20)12-15)19(25)21-11-6-4-5-10-18(24)26-2/h7-9,12-13H,3-6,10-11H2,1-2H3,(H,21,25). The SMILES string of the molecule is CCc1c(C(=O)NCCCCCC(=O)OC)cnn1-c1cccc(Cl)c1. The Bertz CT molecular complexity index is 758. The fourth-order valence-corrected chi connectivity index (χ4v) is 2.89. The van der Waals surface area contributed by atoms with Crippen molar-refractivity contribution in [3.05, 3.63) is 46.7 Å². The molecule has 0 atom stereocenters. The van der Waals surface area contributed by atoms with Crippen molar-refractivity contribution in [1.29, 1.82) is 0 Å². The average Bonchev–Trinajstić information content (AvgIpc) is 3.08. The summed E-state index contributed by atoms with van der Waals surface area (Å²) in [5.41, 5.74) is 2.24. The molecule has 2 aromatic rings. The number of methoxy groups -OCH3 is 1. The van der Waals surface area contributed by atoms with Crippen molar-refractivity contribution in [2.75, 3.05) is 13.7 Å². The molecular formula is C19H24ClN3O3. The lowest BCUT2D eigenvalue weighted by atomic mass is 10.1. The second-order valence-corrected chi connectivity index (χ2v) is 6.33. The van der Waals surface area contributed by atoms with Crippen molar-refractivity contribution in [2.45, 2.75) is 39.0 Å². The van der Waals surface area contributed by atoms with Crippen molar-refractivity contribution in [1.82, 2.24) is 15.1 Å². The molecule has 2 rings (SSSR count). The minimum atomic E-state index is -0.199. The van der Waals surface area contributed by atoms with Crippen LogP contribution in [0.3, 0.4) is 0 Å². The largest absolute Gasteiger partial charge is 0.469 e. The van der Waals surface area contributed by atoms with Gasteiger partial charge in [0.2, 0.25) is 0 Å². The molecule has 6 nitrogen and oxygen atoms in total. The van der Waals surface area contributed by atoms with Crippen LogP contribution in [-0.2, 0) is 16.0 Å². The summed E-state index contributed by atoms with van der Waals surface area (Å²) in [6.07, 6.45) is 5.11. The van der Waals surface area contributed by atoms with Gasteiger partial charge in [-0.1, -0.05) is 31.0 Å². The van der Waals surface area contributed by atoms with Crippen molar-refractivity contribution >= 4 is 23.5 Å². The van der Waals surface area contributed by atoms with Crippen LogP contribution in [-0.4, -0.2) is 35.3 Å². The first kappa shape index (κ1) is 20.0. The molecule has 0 saturated heterocycles. The fraction of sp³-hybridized carbons (Fsp3) is 0.421. The molecule has 1 aromatic heterocycles. The number of ether oxygens (including phenoxy) is 1. The molecule has 1 heterocycles. The van der Waals surface area contributed by atoms with Gasteiger partial charge >= 0.3 is 5.97 Å². The smallest absolute Gasteiger partial charge is 0.305 e. The predicted molar refractivity (Wildman–Crippen MR) is 101 cm³/mol. The highest BCUT2D eigenvalue weighted by atomic mass is 35.5. The van der Waals surface area contributed by atoms with Crippen molar-refractivity contribution in [2.24, 2.45) is 0 Å². The van der Waals surface area contributed by atoms with Crippen LogP contribution in [0.15, 0.2) is 30.5 Å². The second kappa shape index (κ2) is 9.97. The molecule has 1 N–H and O–H groups in total. The van der Waals surface area contributed by atoms with E-state index in [2.05, 4.69) is 15.2 Å². The second-order valence-electron chi connectivity index (χ2n) is 5.89. The quantitative estimate of drug-likeness (QED) is 0.535. The van der Waals surface area contributed by atoms with E-state index in [0.29, 0.717) is 30.0 Å². The number of benzene rings is 1. The number of hydrogen-bond acceptors (Lipinski definition) is 4. The molecule has 0 spiro atoms. The third-order valence-corrected chi connectivity index (χ3v) is 4.31. The molecule has 1 aromatic carbocycles. The van der Waals surface area contributed by atoms with E-state index < -0.39 is 0 Å². The van der Waals surface area contributed by atoms with E-state index in [0.717, 1.165) is 30.6 Å². The number of carbonyl (C=O) groups excluding carboxylic acids is 2. The van der Waals surface area contributed by atoms with E-state index in [1.54, 1.807) is 16.9 Å². The van der Waals surface area contributed by atoms with Gasteiger partial charge in [-0.15, -0.1) is 0 Å². The van der Waals surface area contributed by atoms with E-state index in [9.17, 15) is 9.59 Å². The van der Waals surface area contributed by atoms with Crippen molar-refractivity contribution < 1.29 is 14.3 Å². The van der Waals surface area contributed by atoms with E-state index >= 15 is 0 Å². The first-order chi connectivity index (χ1) is 12.6. The number of aromatic nitrogens is 2. The Morgan fingerprint density at radius 3 is 2.77 bits per heavy atom. The monoisotopic (exact) mass is 377 g/mol. The third kappa shape index (κ3) is 5.33. The van der Waals surface area contributed by atoms with Gasteiger partial charge in [0.1, 0.15) is 0 Å². The van der Waals surface area contributed by atoms with Gasteiger partial charge in [-0.05, 0) is 37.5 Å². The maximum absolute atomic E-state index is 12.5. The molecule has 0 aliphatic carbocycles. The summed E-state index contributed by atoms with van der Waals surface area (Å²) in [7, 11) is 1.39. The van der Waals surface area contributed by atoms with Crippen molar-refractivity contribution in [3.8, 4) is 5.69 Å². The number of halogens is 1. The van der Waals surface area contributed by atoms with E-state index in [1.807, 2.05) is 25.1 Å². The number of esters is 1. The van der Waals surface area contributed by atoms with Crippen LogP contribution in [0.1, 0.15) is 48.7 Å². The highest BCUT2D eigenvalue weighted by Gasteiger charge is 2.17. The normalized spacial score (nSPS) is 10.6. The fourth-order valence-electron chi connectivity index (χ4n) is 2.70. The molecule has 26 heavy (non-hydrogen) atoms. The Labute approximate surface area is 158 Å². The number of amides is 1. The van der Waals surface area contributed by atoms with Crippen LogP contribution < -0.4 is 5.32 Å². The molecule has 0 radical (unpaired) electrons. The Morgan fingerprint density at radius 2 is 2.08 bits per heavy atom. The highest BCUT2D eigenvalue weighted by molar-refractivity contribution is 6.30. The van der Waals surface area contributed by atoms with Gasteiger partial charge in [0.25, 0.3) is 5.91 Å². The van der Waals surface area contributed by atoms with Gasteiger partial charge in [-0.2, -0.15) is 5.10 Å². The van der Waals surface area contributed by atoms with Gasteiger partial charge in [0.15, 0.2) is 0 Å². The lowest BCUT2D eigenvalue weighted by Gasteiger charge is -2.09. The highest BCUT2D eigenvalue weighted by Crippen LogP contribution is 2.19. The maximum atomic E-state index is 12.5. The van der Waals surface area contributed by atoms with Crippen molar-refractivity contribution in [3.63, 3.8) is 0 Å². The summed E-state index contributed by atoms with van der Waals surface area (Å²) < 4.78 is 6.35. The van der Waals surface area contributed by atoms with Crippen LogP contribution in [0.4, 0.5) is 0 Å². The summed E-state index contributed by atoms with van der Waals surface area (Å²) in [4.78, 5) is 23.5. The first-order valence-corrected chi connectivity index (χ1v) is 9.12. The molecule has 0 bridgehead atoms. The molecular weight excluding hydrogens is 354 g/mol. The molecule has 0 aliphatic rings. The number of nitrogens with one attached hydrogen (secondary N) is 1. The van der Waals surface area contributed by atoms with E-state index in [-0.39, 0.29) is 11.9 Å². The number of unbranched alkanes of at least 4 members (excludes halogenated alkanes) is 2. The zero-order valence-corrected chi connectivity index (χ0v) is 15.9. The average molecular weight is 378 g/mol. The van der Waals surface area contributed by atoms with Crippen LogP contribution in [0, 0.1) is 0 Å². The van der Waals surface area contributed by atoms with Crippen LogP contribution >= 0.6 is 11.6 Å². The van der Waals surface area contributed by atoms with Gasteiger partial charge in [-0.25, -0.2) is 4.68 Å². The van der Waals surface area contributed by atoms with Crippen LogP contribution in [0.5, 0.6) is 0 Å². The lowest BCUT2D eigenvalue weighted by molar-refractivity contribution is -0.140. The maximum Gasteiger partial charge on any atom is 0.305 e. The Morgan fingerprint density at radius 1 is 1.27 bits per heavy atom. The molecule has 1 amide bonds. The number of carbonyl (C=O) groups is 2. The van der Waals surface area contributed by atoms with Gasteiger partial charge < -0.3 is 10.1 Å². The van der Waals surface area contributed by atoms with E-state index in [4.69, 9.17) is 11.6 Å². The van der Waals surface area contributed by atoms with Gasteiger partial charge in [0.05, 0.1) is 30.3 Å². The molecule has 140 valence electrons.